The maximum atomic E-state index is 4.71. The normalized spacial score (nSPS) is 12.4. The SMILES string of the molecule is CCCCCC(CC)Nc1nccc(-c2c[nH]c3ncccc23)n1. The van der Waals surface area contributed by atoms with Crippen LogP contribution < -0.4 is 5.32 Å². The summed E-state index contributed by atoms with van der Waals surface area (Å²) in [6.07, 6.45) is 11.6. The van der Waals surface area contributed by atoms with Crippen molar-refractivity contribution in [2.45, 2.75) is 52.0 Å². The number of nitrogens with zero attached hydrogens (tertiary/aromatic N) is 3. The van der Waals surface area contributed by atoms with Gasteiger partial charge in [-0.3, -0.25) is 0 Å². The van der Waals surface area contributed by atoms with Crippen molar-refractivity contribution in [1.29, 1.82) is 0 Å². The van der Waals surface area contributed by atoms with E-state index in [-0.39, 0.29) is 0 Å². The van der Waals surface area contributed by atoms with E-state index >= 15 is 0 Å². The summed E-state index contributed by atoms with van der Waals surface area (Å²) in [5.74, 6) is 0.703. The number of unbranched alkanes of at least 4 members (excludes halogenated alkanes) is 2. The molecule has 0 saturated heterocycles. The first-order chi connectivity index (χ1) is 11.8. The van der Waals surface area contributed by atoms with Crippen LogP contribution in [0.25, 0.3) is 22.3 Å². The Hall–Kier alpha value is -2.43. The lowest BCUT2D eigenvalue weighted by molar-refractivity contribution is 0.571. The molecule has 5 heteroatoms. The Labute approximate surface area is 143 Å². The fourth-order valence-electron chi connectivity index (χ4n) is 2.95. The van der Waals surface area contributed by atoms with E-state index in [1.54, 1.807) is 6.20 Å². The minimum atomic E-state index is 0.427. The number of hydrogen-bond donors (Lipinski definition) is 2. The summed E-state index contributed by atoms with van der Waals surface area (Å²) in [4.78, 5) is 16.6. The van der Waals surface area contributed by atoms with Gasteiger partial charge in [0.25, 0.3) is 0 Å². The summed E-state index contributed by atoms with van der Waals surface area (Å²) in [5.41, 5.74) is 2.85. The first kappa shape index (κ1) is 16.4. The van der Waals surface area contributed by atoms with Crippen molar-refractivity contribution in [2.75, 3.05) is 5.32 Å². The van der Waals surface area contributed by atoms with E-state index in [1.807, 2.05) is 24.5 Å². The molecule has 0 spiro atoms. The fraction of sp³-hybridized carbons (Fsp3) is 0.421. The van der Waals surface area contributed by atoms with Gasteiger partial charge in [-0.25, -0.2) is 15.0 Å². The molecule has 0 aliphatic heterocycles. The Morgan fingerprint density at radius 2 is 2.04 bits per heavy atom. The van der Waals surface area contributed by atoms with Gasteiger partial charge >= 0.3 is 0 Å². The van der Waals surface area contributed by atoms with Gasteiger partial charge < -0.3 is 10.3 Å². The molecule has 0 radical (unpaired) electrons. The predicted octanol–water partition coefficient (Wildman–Crippen LogP) is 4.79. The smallest absolute Gasteiger partial charge is 0.223 e. The molecule has 0 bridgehead atoms. The van der Waals surface area contributed by atoms with Gasteiger partial charge in [-0.2, -0.15) is 0 Å². The number of anilines is 1. The topological polar surface area (TPSA) is 66.5 Å². The quantitative estimate of drug-likeness (QED) is 0.585. The van der Waals surface area contributed by atoms with E-state index in [1.165, 1.54) is 19.3 Å². The molecule has 1 atom stereocenters. The second-order valence-electron chi connectivity index (χ2n) is 6.11. The Balaban J connectivity index is 1.79. The van der Waals surface area contributed by atoms with Gasteiger partial charge in [-0.05, 0) is 31.0 Å². The lowest BCUT2D eigenvalue weighted by Gasteiger charge is -2.17. The summed E-state index contributed by atoms with van der Waals surface area (Å²) in [6.45, 7) is 4.44. The molecular formula is C19H25N5. The van der Waals surface area contributed by atoms with Crippen LogP contribution in [0.1, 0.15) is 46.0 Å². The largest absolute Gasteiger partial charge is 0.351 e. The molecule has 0 aliphatic rings. The van der Waals surface area contributed by atoms with Crippen LogP contribution >= 0.6 is 0 Å². The summed E-state index contributed by atoms with van der Waals surface area (Å²) in [6, 6.07) is 6.37. The van der Waals surface area contributed by atoms with Crippen LogP contribution in [0, 0.1) is 0 Å². The Bertz CT molecular complexity index is 780. The Morgan fingerprint density at radius 3 is 2.88 bits per heavy atom. The van der Waals surface area contributed by atoms with Crippen molar-refractivity contribution in [3.63, 3.8) is 0 Å². The van der Waals surface area contributed by atoms with Crippen molar-refractivity contribution in [2.24, 2.45) is 0 Å². The second-order valence-corrected chi connectivity index (χ2v) is 6.11. The molecular weight excluding hydrogens is 298 g/mol. The number of hydrogen-bond acceptors (Lipinski definition) is 4. The number of pyridine rings is 1. The van der Waals surface area contributed by atoms with Gasteiger partial charge in [0.2, 0.25) is 5.95 Å². The van der Waals surface area contributed by atoms with Gasteiger partial charge in [0.1, 0.15) is 5.65 Å². The molecule has 0 amide bonds. The highest BCUT2D eigenvalue weighted by atomic mass is 15.1. The van der Waals surface area contributed by atoms with Crippen LogP contribution in [-0.4, -0.2) is 26.0 Å². The van der Waals surface area contributed by atoms with Crippen molar-refractivity contribution < 1.29 is 0 Å². The molecule has 24 heavy (non-hydrogen) atoms. The summed E-state index contributed by atoms with van der Waals surface area (Å²) >= 11 is 0. The van der Waals surface area contributed by atoms with Crippen LogP contribution in [0.3, 0.4) is 0 Å². The van der Waals surface area contributed by atoms with Crippen LogP contribution in [0.5, 0.6) is 0 Å². The predicted molar refractivity (Wildman–Crippen MR) is 99.0 cm³/mol. The van der Waals surface area contributed by atoms with Crippen LogP contribution in [0.2, 0.25) is 0 Å². The molecule has 5 nitrogen and oxygen atoms in total. The molecule has 1 unspecified atom stereocenters. The third-order valence-electron chi connectivity index (χ3n) is 4.36. The van der Waals surface area contributed by atoms with E-state index in [4.69, 9.17) is 4.98 Å². The van der Waals surface area contributed by atoms with Gasteiger partial charge in [0.15, 0.2) is 0 Å². The van der Waals surface area contributed by atoms with E-state index in [9.17, 15) is 0 Å². The highest BCUT2D eigenvalue weighted by molar-refractivity contribution is 5.92. The van der Waals surface area contributed by atoms with Crippen LogP contribution in [0.4, 0.5) is 5.95 Å². The number of rotatable bonds is 8. The monoisotopic (exact) mass is 323 g/mol. The molecule has 2 N–H and O–H groups in total. The Kier molecular flexibility index (Phi) is 5.41. The average Bonchev–Trinajstić information content (AvgIpc) is 3.05. The third kappa shape index (κ3) is 3.72. The van der Waals surface area contributed by atoms with E-state index in [2.05, 4.69) is 40.2 Å². The van der Waals surface area contributed by atoms with E-state index < -0.39 is 0 Å². The van der Waals surface area contributed by atoms with Crippen molar-refractivity contribution >= 4 is 17.0 Å². The summed E-state index contributed by atoms with van der Waals surface area (Å²) in [7, 11) is 0. The maximum Gasteiger partial charge on any atom is 0.223 e. The highest BCUT2D eigenvalue weighted by Crippen LogP contribution is 2.26. The van der Waals surface area contributed by atoms with Crippen molar-refractivity contribution in [3.05, 3.63) is 36.8 Å². The minimum Gasteiger partial charge on any atom is -0.351 e. The van der Waals surface area contributed by atoms with Gasteiger partial charge in [-0.1, -0.05) is 33.1 Å². The zero-order valence-electron chi connectivity index (χ0n) is 14.4. The molecule has 0 saturated carbocycles. The number of H-pyrrole nitrogens is 1. The highest BCUT2D eigenvalue weighted by Gasteiger charge is 2.11. The van der Waals surface area contributed by atoms with Gasteiger partial charge in [0, 0.05) is 35.6 Å². The first-order valence-corrected chi connectivity index (χ1v) is 8.83. The molecule has 0 aliphatic carbocycles. The number of nitrogens with one attached hydrogen (secondary N) is 2. The van der Waals surface area contributed by atoms with E-state index in [0.29, 0.717) is 12.0 Å². The van der Waals surface area contributed by atoms with Crippen molar-refractivity contribution in [3.8, 4) is 11.3 Å². The van der Waals surface area contributed by atoms with Crippen molar-refractivity contribution in [1.82, 2.24) is 19.9 Å². The molecule has 0 aromatic carbocycles. The number of fused-ring (bicyclic) bond motifs is 1. The zero-order valence-corrected chi connectivity index (χ0v) is 14.4. The maximum absolute atomic E-state index is 4.71. The third-order valence-corrected chi connectivity index (χ3v) is 4.36. The molecule has 3 rings (SSSR count). The lowest BCUT2D eigenvalue weighted by Crippen LogP contribution is -2.20. The standard InChI is InChI=1S/C19H25N5/c1-3-5-6-8-14(4-2)23-19-21-12-10-17(24-19)16-13-22-18-15(16)9-7-11-20-18/h7,9-14H,3-6,8H2,1-2H3,(H,20,22)(H,21,23,24). The number of aromatic nitrogens is 4. The van der Waals surface area contributed by atoms with Crippen LogP contribution in [0.15, 0.2) is 36.8 Å². The van der Waals surface area contributed by atoms with Gasteiger partial charge in [-0.15, -0.1) is 0 Å². The molecule has 3 heterocycles. The van der Waals surface area contributed by atoms with Gasteiger partial charge in [0.05, 0.1) is 5.69 Å². The Morgan fingerprint density at radius 1 is 1.12 bits per heavy atom. The minimum absolute atomic E-state index is 0.427. The summed E-state index contributed by atoms with van der Waals surface area (Å²) < 4.78 is 0. The average molecular weight is 323 g/mol. The molecule has 3 aromatic heterocycles. The molecule has 126 valence electrons. The number of aromatic amines is 1. The van der Waals surface area contributed by atoms with E-state index in [0.717, 1.165) is 35.1 Å². The zero-order chi connectivity index (χ0) is 16.8. The fourth-order valence-corrected chi connectivity index (χ4v) is 2.95. The van der Waals surface area contributed by atoms with Crippen LogP contribution in [-0.2, 0) is 0 Å². The lowest BCUT2D eigenvalue weighted by atomic mass is 10.1. The summed E-state index contributed by atoms with van der Waals surface area (Å²) in [5, 5.41) is 4.57. The second kappa shape index (κ2) is 7.90. The molecule has 0 fully saturated rings. The first-order valence-electron chi connectivity index (χ1n) is 8.83. The molecule has 3 aromatic rings.